The third kappa shape index (κ3) is 4.88. The number of carbonyl (C=O) groups excluding carboxylic acids is 1. The number of hydrogen-bond acceptors (Lipinski definition) is 4. The summed E-state index contributed by atoms with van der Waals surface area (Å²) in [6.45, 7) is 1.65. The van der Waals surface area contributed by atoms with Crippen LogP contribution in [0.15, 0.2) is 24.3 Å². The third-order valence-corrected chi connectivity index (χ3v) is 3.07. The van der Waals surface area contributed by atoms with Crippen LogP contribution in [0.25, 0.3) is 0 Å². The lowest BCUT2D eigenvalue weighted by Crippen LogP contribution is -2.40. The van der Waals surface area contributed by atoms with Crippen LogP contribution >= 0.6 is 0 Å². The molecule has 110 valence electrons. The Labute approximate surface area is 117 Å². The van der Waals surface area contributed by atoms with Crippen LogP contribution in [-0.2, 0) is 14.8 Å². The second-order valence-corrected chi connectivity index (χ2v) is 5.97. The van der Waals surface area contributed by atoms with Gasteiger partial charge in [-0.25, -0.2) is 13.2 Å². The van der Waals surface area contributed by atoms with E-state index in [9.17, 15) is 18.0 Å². The van der Waals surface area contributed by atoms with E-state index < -0.39 is 27.9 Å². The number of hydrogen-bond donors (Lipinski definition) is 3. The van der Waals surface area contributed by atoms with Crippen LogP contribution in [0.3, 0.4) is 0 Å². The van der Waals surface area contributed by atoms with Gasteiger partial charge in [-0.1, -0.05) is 6.92 Å². The minimum atomic E-state index is -3.37. The van der Waals surface area contributed by atoms with Gasteiger partial charge in [-0.2, -0.15) is 0 Å². The number of sulfonamides is 1. The largest absolute Gasteiger partial charge is 0.480 e. The molecule has 8 heteroatoms. The molecule has 20 heavy (non-hydrogen) atoms. The summed E-state index contributed by atoms with van der Waals surface area (Å²) < 4.78 is 24.3. The van der Waals surface area contributed by atoms with Crippen LogP contribution in [0, 0.1) is 0 Å². The average Bonchev–Trinajstić information content (AvgIpc) is 2.34. The van der Waals surface area contributed by atoms with Crippen LogP contribution in [-0.4, -0.2) is 37.7 Å². The molecule has 0 heterocycles. The maximum atomic E-state index is 11.8. The number of aliphatic carboxylic acids is 1. The number of nitrogens with one attached hydrogen (secondary N) is 2. The summed E-state index contributed by atoms with van der Waals surface area (Å²) in [6.07, 6.45) is 1.29. The lowest BCUT2D eigenvalue weighted by molar-refractivity contribution is -0.139. The van der Waals surface area contributed by atoms with Crippen molar-refractivity contribution in [2.45, 2.75) is 19.4 Å². The van der Waals surface area contributed by atoms with E-state index in [1.54, 1.807) is 6.92 Å². The molecule has 7 nitrogen and oxygen atoms in total. The first kappa shape index (κ1) is 16.0. The lowest BCUT2D eigenvalue weighted by Gasteiger charge is -2.12. The highest BCUT2D eigenvalue weighted by molar-refractivity contribution is 7.92. The predicted molar refractivity (Wildman–Crippen MR) is 74.1 cm³/mol. The van der Waals surface area contributed by atoms with Crippen molar-refractivity contribution in [2.75, 3.05) is 11.0 Å². The van der Waals surface area contributed by atoms with Crippen LogP contribution in [0.1, 0.15) is 23.7 Å². The van der Waals surface area contributed by atoms with Crippen molar-refractivity contribution in [3.05, 3.63) is 29.8 Å². The van der Waals surface area contributed by atoms with E-state index in [4.69, 9.17) is 5.11 Å². The van der Waals surface area contributed by atoms with Crippen molar-refractivity contribution >= 4 is 27.6 Å². The van der Waals surface area contributed by atoms with Gasteiger partial charge in [0.2, 0.25) is 10.0 Å². The molecule has 0 fully saturated rings. The molecule has 1 rings (SSSR count). The number of rotatable bonds is 6. The Morgan fingerprint density at radius 2 is 1.80 bits per heavy atom. The number of benzene rings is 1. The zero-order valence-electron chi connectivity index (χ0n) is 11.1. The highest BCUT2D eigenvalue weighted by Crippen LogP contribution is 2.11. The maximum absolute atomic E-state index is 11.8. The molecule has 0 saturated heterocycles. The zero-order valence-corrected chi connectivity index (χ0v) is 11.9. The SMILES string of the molecule is CCC(NC(=O)c1ccc(NS(C)(=O)=O)cc1)C(=O)O. The van der Waals surface area contributed by atoms with Gasteiger partial charge >= 0.3 is 5.97 Å². The van der Waals surface area contributed by atoms with E-state index >= 15 is 0 Å². The van der Waals surface area contributed by atoms with E-state index in [1.165, 1.54) is 24.3 Å². The lowest BCUT2D eigenvalue weighted by atomic mass is 10.1. The summed E-state index contributed by atoms with van der Waals surface area (Å²) in [5.41, 5.74) is 0.582. The van der Waals surface area contributed by atoms with Crippen molar-refractivity contribution in [3.63, 3.8) is 0 Å². The molecule has 0 bridgehead atoms. The van der Waals surface area contributed by atoms with Crippen LogP contribution in [0.2, 0.25) is 0 Å². The van der Waals surface area contributed by atoms with Crippen LogP contribution < -0.4 is 10.0 Å². The van der Waals surface area contributed by atoms with Crippen molar-refractivity contribution in [1.29, 1.82) is 0 Å². The number of carboxylic acid groups (broad SMARTS) is 1. The fourth-order valence-electron chi connectivity index (χ4n) is 1.48. The highest BCUT2D eigenvalue weighted by Gasteiger charge is 2.18. The summed E-state index contributed by atoms with van der Waals surface area (Å²) in [7, 11) is -3.37. The molecular formula is C12H16N2O5S. The molecule has 3 N–H and O–H groups in total. The second-order valence-electron chi connectivity index (χ2n) is 4.22. The summed E-state index contributed by atoms with van der Waals surface area (Å²) in [6, 6.07) is 4.74. The van der Waals surface area contributed by atoms with Crippen molar-refractivity contribution in [2.24, 2.45) is 0 Å². The molecule has 0 aliphatic carbocycles. The highest BCUT2D eigenvalue weighted by atomic mass is 32.2. The minimum absolute atomic E-state index is 0.253. The Bertz CT molecular complexity index is 595. The van der Waals surface area contributed by atoms with E-state index in [0.29, 0.717) is 5.69 Å². The molecule has 0 aliphatic rings. The topological polar surface area (TPSA) is 113 Å². The molecule has 0 aromatic heterocycles. The summed E-state index contributed by atoms with van der Waals surface area (Å²) in [5.74, 6) is -1.62. The molecular weight excluding hydrogens is 284 g/mol. The molecule has 1 atom stereocenters. The Balaban J connectivity index is 2.78. The molecule has 0 radical (unpaired) electrons. The first-order valence-electron chi connectivity index (χ1n) is 5.84. The van der Waals surface area contributed by atoms with Crippen molar-refractivity contribution < 1.29 is 23.1 Å². The van der Waals surface area contributed by atoms with Gasteiger partial charge in [0.05, 0.1) is 6.26 Å². The standard InChI is InChI=1S/C12H16N2O5S/c1-3-10(12(16)17)13-11(15)8-4-6-9(7-5-8)14-20(2,18)19/h4-7,10,14H,3H2,1-2H3,(H,13,15)(H,16,17). The Hall–Kier alpha value is -2.09. The van der Waals surface area contributed by atoms with Gasteiger partial charge in [0, 0.05) is 11.3 Å². The summed E-state index contributed by atoms with van der Waals surface area (Å²) in [4.78, 5) is 22.6. The van der Waals surface area contributed by atoms with Crippen LogP contribution in [0.4, 0.5) is 5.69 Å². The van der Waals surface area contributed by atoms with E-state index in [0.717, 1.165) is 6.26 Å². The number of anilines is 1. The molecule has 1 aromatic carbocycles. The number of carboxylic acids is 1. The number of amides is 1. The van der Waals surface area contributed by atoms with E-state index in [-0.39, 0.29) is 12.0 Å². The fraction of sp³-hybridized carbons (Fsp3) is 0.333. The molecule has 1 unspecified atom stereocenters. The van der Waals surface area contributed by atoms with Gasteiger partial charge in [0.15, 0.2) is 0 Å². The van der Waals surface area contributed by atoms with Gasteiger partial charge in [-0.15, -0.1) is 0 Å². The average molecular weight is 300 g/mol. The molecule has 1 amide bonds. The normalized spacial score (nSPS) is 12.5. The maximum Gasteiger partial charge on any atom is 0.326 e. The quantitative estimate of drug-likeness (QED) is 0.714. The van der Waals surface area contributed by atoms with Crippen molar-refractivity contribution in [3.8, 4) is 0 Å². The minimum Gasteiger partial charge on any atom is -0.480 e. The first-order valence-corrected chi connectivity index (χ1v) is 7.73. The van der Waals surface area contributed by atoms with E-state index in [2.05, 4.69) is 10.0 Å². The van der Waals surface area contributed by atoms with Gasteiger partial charge in [-0.05, 0) is 30.7 Å². The van der Waals surface area contributed by atoms with Gasteiger partial charge < -0.3 is 10.4 Å². The van der Waals surface area contributed by atoms with E-state index in [1.807, 2.05) is 0 Å². The van der Waals surface area contributed by atoms with Gasteiger partial charge in [-0.3, -0.25) is 9.52 Å². The Morgan fingerprint density at radius 3 is 2.20 bits per heavy atom. The first-order chi connectivity index (χ1) is 9.23. The zero-order chi connectivity index (χ0) is 15.3. The summed E-state index contributed by atoms with van der Waals surface area (Å²) in [5, 5.41) is 11.2. The van der Waals surface area contributed by atoms with Gasteiger partial charge in [0.1, 0.15) is 6.04 Å². The smallest absolute Gasteiger partial charge is 0.326 e. The summed E-state index contributed by atoms with van der Waals surface area (Å²) >= 11 is 0. The predicted octanol–water partition coefficient (Wildman–Crippen LogP) is 0.651. The monoisotopic (exact) mass is 300 g/mol. The molecule has 0 saturated carbocycles. The van der Waals surface area contributed by atoms with Gasteiger partial charge in [0.25, 0.3) is 5.91 Å². The number of carbonyl (C=O) groups is 2. The molecule has 0 aliphatic heterocycles. The molecule has 1 aromatic rings. The molecule has 0 spiro atoms. The Morgan fingerprint density at radius 1 is 1.25 bits per heavy atom. The second kappa shape index (κ2) is 6.38. The van der Waals surface area contributed by atoms with Crippen molar-refractivity contribution in [1.82, 2.24) is 5.32 Å². The fourth-order valence-corrected chi connectivity index (χ4v) is 2.05. The Kier molecular flexibility index (Phi) is 5.09. The third-order valence-electron chi connectivity index (χ3n) is 2.46. The van der Waals surface area contributed by atoms with Crippen LogP contribution in [0.5, 0.6) is 0 Å².